The van der Waals surface area contributed by atoms with Gasteiger partial charge in [0.2, 0.25) is 11.8 Å². The third-order valence-corrected chi connectivity index (χ3v) is 13.1. The van der Waals surface area contributed by atoms with Gasteiger partial charge in [-0.2, -0.15) is 5.10 Å². The maximum absolute atomic E-state index is 16.2. The number of nitrogens with zero attached hydrogens (tertiary/aromatic N) is 8. The van der Waals surface area contributed by atoms with Crippen molar-refractivity contribution in [3.05, 3.63) is 82.8 Å². The lowest BCUT2D eigenvalue weighted by atomic mass is 9.93. The first-order chi connectivity index (χ1) is 29.6. The number of piperidine rings is 3. The molecule has 316 valence electrons. The smallest absolute Gasteiger partial charge is 0.262 e. The topological polar surface area (TPSA) is 182 Å². The van der Waals surface area contributed by atoms with Gasteiger partial charge < -0.3 is 29.7 Å². The number of anilines is 3. The van der Waals surface area contributed by atoms with E-state index in [2.05, 4.69) is 35.4 Å². The lowest BCUT2D eigenvalue weighted by Gasteiger charge is -2.41. The Morgan fingerprint density at radius 1 is 0.885 bits per heavy atom. The molecule has 0 bridgehead atoms. The number of benzene rings is 2. The number of carbonyl (C=O) groups is 6. The molecule has 0 spiro atoms. The molecule has 8 heterocycles. The monoisotopic (exact) mass is 832 g/mol. The predicted octanol–water partition coefficient (Wildman–Crippen LogP) is 2.50. The maximum atomic E-state index is 16.2. The molecule has 61 heavy (non-hydrogen) atoms. The first-order valence-corrected chi connectivity index (χ1v) is 21.0. The summed E-state index contributed by atoms with van der Waals surface area (Å²) in [5.41, 5.74) is 4.61. The van der Waals surface area contributed by atoms with E-state index in [9.17, 15) is 28.8 Å². The Balaban J connectivity index is 0.761. The molecule has 1 unspecified atom stereocenters. The fourth-order valence-electron chi connectivity index (χ4n) is 9.85. The van der Waals surface area contributed by atoms with E-state index >= 15 is 4.39 Å². The molecule has 4 fully saturated rings. The van der Waals surface area contributed by atoms with Gasteiger partial charge in [-0.25, -0.2) is 13.9 Å². The number of hydrogen-bond acceptors (Lipinski definition) is 12. The third kappa shape index (κ3) is 7.06. The van der Waals surface area contributed by atoms with Crippen molar-refractivity contribution in [3.8, 4) is 0 Å². The van der Waals surface area contributed by atoms with Crippen molar-refractivity contribution in [2.75, 3.05) is 74.1 Å². The Hall–Kier alpha value is -6.27. The molecule has 2 aromatic heterocycles. The molecule has 6 aliphatic rings. The van der Waals surface area contributed by atoms with E-state index in [4.69, 9.17) is 4.74 Å². The number of morpholine rings is 1. The number of imide groups is 2. The Bertz CT molecular complexity index is 2480. The molecule has 6 aliphatic heterocycles. The van der Waals surface area contributed by atoms with E-state index < -0.39 is 41.9 Å². The minimum atomic E-state index is -1.24. The summed E-state index contributed by atoms with van der Waals surface area (Å²) >= 11 is 0. The van der Waals surface area contributed by atoms with Crippen LogP contribution in [0.15, 0.2) is 55.0 Å². The first-order valence-electron chi connectivity index (χ1n) is 21.0. The van der Waals surface area contributed by atoms with Gasteiger partial charge in [0, 0.05) is 82.4 Å². The van der Waals surface area contributed by atoms with Gasteiger partial charge in [0.15, 0.2) is 5.65 Å². The SMILES string of the molecule is O=C1CCC(N2C(=O)c3ccc(N4CCC(CN5CC[C@H](N6Cc7cc(NC(=O)c8cnn9cccnc89)c(N8CCOCC8)cc7C6=O)[C@@H](F)C5)CC4)cc3C2=O)C(=O)N1. The van der Waals surface area contributed by atoms with Crippen LogP contribution in [-0.4, -0.2) is 142 Å². The van der Waals surface area contributed by atoms with Crippen molar-refractivity contribution in [2.45, 2.75) is 56.9 Å². The zero-order valence-corrected chi connectivity index (χ0v) is 33.4. The highest BCUT2D eigenvalue weighted by Crippen LogP contribution is 2.38. The summed E-state index contributed by atoms with van der Waals surface area (Å²) in [6, 6.07) is 9.01. The normalized spacial score (nSPS) is 23.8. The molecule has 18 heteroatoms. The third-order valence-electron chi connectivity index (χ3n) is 13.1. The number of halogens is 1. The number of carbonyl (C=O) groups excluding carboxylic acids is 6. The summed E-state index contributed by atoms with van der Waals surface area (Å²) in [4.78, 5) is 91.7. The van der Waals surface area contributed by atoms with Crippen molar-refractivity contribution in [1.29, 1.82) is 0 Å². The van der Waals surface area contributed by atoms with Gasteiger partial charge in [-0.15, -0.1) is 0 Å². The average molecular weight is 833 g/mol. The lowest BCUT2D eigenvalue weighted by molar-refractivity contribution is -0.136. The van der Waals surface area contributed by atoms with E-state index in [1.165, 1.54) is 10.7 Å². The van der Waals surface area contributed by atoms with E-state index in [0.717, 1.165) is 48.6 Å². The van der Waals surface area contributed by atoms with Crippen molar-refractivity contribution in [2.24, 2.45) is 5.92 Å². The number of hydrogen-bond donors (Lipinski definition) is 2. The molecule has 10 rings (SSSR count). The summed E-state index contributed by atoms with van der Waals surface area (Å²) in [6.07, 6.45) is 5.96. The largest absolute Gasteiger partial charge is 0.378 e. The zero-order chi connectivity index (χ0) is 41.9. The van der Waals surface area contributed by atoms with Crippen LogP contribution in [0.2, 0.25) is 0 Å². The average Bonchev–Trinajstić information content (AvgIpc) is 3.92. The molecule has 4 aromatic rings. The standard InChI is InChI=1S/C43H45FN10O7/c44-32-24-49(22-25-6-12-50(13-7-25)27-2-3-28-30(19-27)43(60)54(42(28)59)35-4-5-37(55)48-40(35)57)11-8-34(32)52-23-26-18-33(36(20-29(26)41(52)58)51-14-16-61-17-15-51)47-39(56)31-21-46-53-10-1-9-45-38(31)53/h1-3,9-10,18-21,25,32,34-35H,4-8,11-17,22-24H2,(H,47,56)(H,48,55,57)/t32-,34-,35?/m0/s1. The van der Waals surface area contributed by atoms with Crippen molar-refractivity contribution in [3.63, 3.8) is 0 Å². The molecule has 0 aliphatic carbocycles. The Labute approximate surface area is 349 Å². The quantitative estimate of drug-likeness (QED) is 0.248. The van der Waals surface area contributed by atoms with Crippen LogP contribution in [0.3, 0.4) is 0 Å². The van der Waals surface area contributed by atoms with Gasteiger partial charge in [0.25, 0.3) is 23.6 Å². The van der Waals surface area contributed by atoms with Crippen molar-refractivity contribution >= 4 is 58.2 Å². The van der Waals surface area contributed by atoms with Gasteiger partial charge in [0.1, 0.15) is 17.8 Å². The maximum Gasteiger partial charge on any atom is 0.262 e. The van der Waals surface area contributed by atoms with E-state index in [0.29, 0.717) is 73.3 Å². The van der Waals surface area contributed by atoms with Crippen molar-refractivity contribution in [1.82, 2.24) is 34.6 Å². The number of alkyl halides is 1. The number of rotatable bonds is 8. The van der Waals surface area contributed by atoms with Crippen molar-refractivity contribution < 1.29 is 37.9 Å². The zero-order valence-electron chi connectivity index (χ0n) is 33.4. The van der Waals surface area contributed by atoms with Gasteiger partial charge in [-0.1, -0.05) is 0 Å². The molecular formula is C43H45FN10O7. The van der Waals surface area contributed by atoms with Gasteiger partial charge in [0.05, 0.1) is 48.0 Å². The number of amides is 6. The molecule has 0 saturated carbocycles. The Kier molecular flexibility index (Phi) is 9.98. The van der Waals surface area contributed by atoms with Gasteiger partial charge in [-0.3, -0.25) is 39.0 Å². The second-order valence-corrected chi connectivity index (χ2v) is 16.7. The van der Waals surface area contributed by atoms with Crippen LogP contribution in [-0.2, 0) is 20.9 Å². The molecule has 3 atom stereocenters. The van der Waals surface area contributed by atoms with Crippen LogP contribution in [0.1, 0.15) is 79.1 Å². The van der Waals surface area contributed by atoms with Crippen LogP contribution in [0, 0.1) is 5.92 Å². The van der Waals surface area contributed by atoms with E-state index in [1.807, 2.05) is 18.2 Å². The van der Waals surface area contributed by atoms with Crippen LogP contribution in [0.5, 0.6) is 0 Å². The fraction of sp³-hybridized carbons (Fsp3) is 0.442. The number of likely N-dealkylation sites (tertiary alicyclic amines) is 1. The predicted molar refractivity (Wildman–Crippen MR) is 218 cm³/mol. The van der Waals surface area contributed by atoms with Crippen LogP contribution < -0.4 is 20.4 Å². The summed E-state index contributed by atoms with van der Waals surface area (Å²) < 4.78 is 23.3. The highest BCUT2D eigenvalue weighted by molar-refractivity contribution is 6.23. The van der Waals surface area contributed by atoms with E-state index in [-0.39, 0.29) is 48.9 Å². The summed E-state index contributed by atoms with van der Waals surface area (Å²) in [5.74, 6) is -2.35. The molecule has 2 N–H and O–H groups in total. The van der Waals surface area contributed by atoms with Gasteiger partial charge >= 0.3 is 0 Å². The number of fused-ring (bicyclic) bond motifs is 3. The molecule has 0 radical (unpaired) electrons. The summed E-state index contributed by atoms with van der Waals surface area (Å²) in [6.45, 7) is 5.52. The molecule has 17 nitrogen and oxygen atoms in total. The number of aromatic nitrogens is 3. The molecule has 6 amide bonds. The molecule has 2 aromatic carbocycles. The summed E-state index contributed by atoms with van der Waals surface area (Å²) in [7, 11) is 0. The highest BCUT2D eigenvalue weighted by atomic mass is 19.1. The van der Waals surface area contributed by atoms with Crippen LogP contribution in [0.25, 0.3) is 5.65 Å². The second kappa shape index (κ2) is 15.6. The minimum absolute atomic E-state index is 0.0628. The number of nitrogens with one attached hydrogen (secondary N) is 2. The molecule has 4 saturated heterocycles. The number of ether oxygens (including phenoxy) is 1. The van der Waals surface area contributed by atoms with E-state index in [1.54, 1.807) is 35.5 Å². The Morgan fingerprint density at radius 3 is 2.48 bits per heavy atom. The summed E-state index contributed by atoms with van der Waals surface area (Å²) in [5, 5.41) is 9.54. The first kappa shape index (κ1) is 38.9. The molecular weight excluding hydrogens is 788 g/mol. The fourth-order valence-corrected chi connectivity index (χ4v) is 9.85. The minimum Gasteiger partial charge on any atom is -0.378 e. The highest BCUT2D eigenvalue weighted by Gasteiger charge is 2.45. The second-order valence-electron chi connectivity index (χ2n) is 16.7. The van der Waals surface area contributed by atoms with Gasteiger partial charge in [-0.05, 0) is 73.6 Å². The van der Waals surface area contributed by atoms with Crippen LogP contribution >= 0.6 is 0 Å². The van der Waals surface area contributed by atoms with Crippen LogP contribution in [0.4, 0.5) is 21.5 Å². The Morgan fingerprint density at radius 2 is 1.69 bits per heavy atom. The lowest BCUT2D eigenvalue weighted by Crippen LogP contribution is -2.54.